The van der Waals surface area contributed by atoms with Gasteiger partial charge in [-0.25, -0.2) is 21.9 Å². The number of rotatable bonds is 6. The average Bonchev–Trinajstić information content (AvgIpc) is 2.25. The van der Waals surface area contributed by atoms with Crippen molar-refractivity contribution in [2.75, 3.05) is 18.9 Å². The first-order valence-electron chi connectivity index (χ1n) is 5.63. The van der Waals surface area contributed by atoms with Crippen molar-refractivity contribution in [3.63, 3.8) is 0 Å². The second kappa shape index (κ2) is 6.27. The van der Waals surface area contributed by atoms with E-state index in [1.165, 1.54) is 0 Å². The Bertz CT molecular complexity index is 526. The van der Waals surface area contributed by atoms with E-state index in [0.717, 1.165) is 12.1 Å². The van der Waals surface area contributed by atoms with Gasteiger partial charge < -0.3 is 10.5 Å². The van der Waals surface area contributed by atoms with Crippen molar-refractivity contribution in [2.45, 2.75) is 24.8 Å². The molecule has 0 amide bonds. The molecule has 1 unspecified atom stereocenters. The molecule has 1 atom stereocenters. The fourth-order valence-electron chi connectivity index (χ4n) is 1.48. The summed E-state index contributed by atoms with van der Waals surface area (Å²) in [6, 6.07) is 1.51. The lowest BCUT2D eigenvalue weighted by Gasteiger charge is -2.13. The Hall–Kier alpha value is -1.25. The molecule has 0 radical (unpaired) electrons. The van der Waals surface area contributed by atoms with Crippen molar-refractivity contribution in [3.05, 3.63) is 23.8 Å². The Morgan fingerprint density at radius 3 is 2.37 bits per heavy atom. The van der Waals surface area contributed by atoms with Gasteiger partial charge in [-0.1, -0.05) is 0 Å². The van der Waals surface area contributed by atoms with Gasteiger partial charge in [0.25, 0.3) is 0 Å². The van der Waals surface area contributed by atoms with Crippen molar-refractivity contribution in [1.29, 1.82) is 0 Å². The number of nitrogen functional groups attached to an aromatic ring is 1. The standard InChI is InChI=1S/C11H16F2N2O3S/c1-3-18-7(2)6-15-19(16,17)11-9(12)4-8(14)5-10(11)13/h4-5,7,15H,3,6,14H2,1-2H3. The summed E-state index contributed by atoms with van der Waals surface area (Å²) in [6.45, 7) is 3.72. The summed E-state index contributed by atoms with van der Waals surface area (Å²) in [5.41, 5.74) is 5.03. The van der Waals surface area contributed by atoms with E-state index in [0.29, 0.717) is 6.61 Å². The van der Waals surface area contributed by atoms with Crippen LogP contribution in [0.15, 0.2) is 17.0 Å². The lowest BCUT2D eigenvalue weighted by molar-refractivity contribution is 0.0799. The van der Waals surface area contributed by atoms with E-state index in [-0.39, 0.29) is 12.2 Å². The van der Waals surface area contributed by atoms with Crippen molar-refractivity contribution in [1.82, 2.24) is 4.72 Å². The van der Waals surface area contributed by atoms with E-state index in [1.807, 2.05) is 0 Å². The largest absolute Gasteiger partial charge is 0.399 e. The van der Waals surface area contributed by atoms with Gasteiger partial charge >= 0.3 is 0 Å². The average molecular weight is 294 g/mol. The molecule has 0 aliphatic heterocycles. The van der Waals surface area contributed by atoms with Crippen LogP contribution in [0.4, 0.5) is 14.5 Å². The van der Waals surface area contributed by atoms with E-state index in [9.17, 15) is 17.2 Å². The third-order valence-electron chi connectivity index (χ3n) is 2.30. The molecule has 1 aromatic carbocycles. The smallest absolute Gasteiger partial charge is 0.246 e. The molecule has 19 heavy (non-hydrogen) atoms. The summed E-state index contributed by atoms with van der Waals surface area (Å²) in [6.07, 6.45) is -0.403. The van der Waals surface area contributed by atoms with Crippen LogP contribution in [0, 0.1) is 11.6 Å². The number of halogens is 2. The zero-order chi connectivity index (χ0) is 14.6. The second-order valence-electron chi connectivity index (χ2n) is 3.93. The van der Waals surface area contributed by atoms with Crippen molar-refractivity contribution < 1.29 is 21.9 Å². The highest BCUT2D eigenvalue weighted by atomic mass is 32.2. The number of hydrogen-bond acceptors (Lipinski definition) is 4. The summed E-state index contributed by atoms with van der Waals surface area (Å²) in [7, 11) is -4.29. The zero-order valence-electron chi connectivity index (χ0n) is 10.6. The first kappa shape index (κ1) is 15.8. The van der Waals surface area contributed by atoms with Crippen molar-refractivity contribution in [3.8, 4) is 0 Å². The number of hydrogen-bond donors (Lipinski definition) is 2. The summed E-state index contributed by atoms with van der Waals surface area (Å²) in [4.78, 5) is -1.04. The number of anilines is 1. The van der Waals surface area contributed by atoms with Crippen LogP contribution in [0.2, 0.25) is 0 Å². The molecule has 0 fully saturated rings. The summed E-state index contributed by atoms with van der Waals surface area (Å²) in [5.74, 6) is -2.46. The molecule has 0 spiro atoms. The summed E-state index contributed by atoms with van der Waals surface area (Å²) < 4.78 is 57.8. The summed E-state index contributed by atoms with van der Waals surface area (Å²) >= 11 is 0. The van der Waals surface area contributed by atoms with Crippen LogP contribution in [0.25, 0.3) is 0 Å². The monoisotopic (exact) mass is 294 g/mol. The third kappa shape index (κ3) is 4.12. The van der Waals surface area contributed by atoms with Crippen molar-refractivity contribution >= 4 is 15.7 Å². The van der Waals surface area contributed by atoms with Gasteiger partial charge in [0.1, 0.15) is 11.6 Å². The van der Waals surface area contributed by atoms with Crippen LogP contribution < -0.4 is 10.5 Å². The molecule has 0 aromatic heterocycles. The van der Waals surface area contributed by atoms with Crippen LogP contribution in [0.3, 0.4) is 0 Å². The molecule has 0 saturated carbocycles. The molecule has 0 heterocycles. The molecule has 3 N–H and O–H groups in total. The highest BCUT2D eigenvalue weighted by Gasteiger charge is 2.24. The van der Waals surface area contributed by atoms with E-state index in [4.69, 9.17) is 10.5 Å². The van der Waals surface area contributed by atoms with Crippen LogP contribution in [-0.2, 0) is 14.8 Å². The lowest BCUT2D eigenvalue weighted by atomic mass is 10.3. The van der Waals surface area contributed by atoms with E-state index in [2.05, 4.69) is 4.72 Å². The maximum Gasteiger partial charge on any atom is 0.246 e. The Kier molecular flexibility index (Phi) is 5.21. The molecule has 0 aliphatic rings. The van der Waals surface area contributed by atoms with Gasteiger partial charge in [0.05, 0.1) is 6.10 Å². The highest BCUT2D eigenvalue weighted by Crippen LogP contribution is 2.21. The quantitative estimate of drug-likeness (QED) is 0.774. The second-order valence-corrected chi connectivity index (χ2v) is 5.64. The van der Waals surface area contributed by atoms with Gasteiger partial charge in [-0.15, -0.1) is 0 Å². The molecule has 5 nitrogen and oxygen atoms in total. The molecule has 0 aliphatic carbocycles. The zero-order valence-corrected chi connectivity index (χ0v) is 11.4. The Morgan fingerprint density at radius 1 is 1.37 bits per heavy atom. The third-order valence-corrected chi connectivity index (χ3v) is 3.78. The van der Waals surface area contributed by atoms with Crippen molar-refractivity contribution in [2.24, 2.45) is 0 Å². The van der Waals surface area contributed by atoms with Gasteiger partial charge in [-0.3, -0.25) is 0 Å². The van der Waals surface area contributed by atoms with Gasteiger partial charge in [0, 0.05) is 18.8 Å². The van der Waals surface area contributed by atoms with E-state index in [1.54, 1.807) is 13.8 Å². The first-order valence-corrected chi connectivity index (χ1v) is 7.12. The Morgan fingerprint density at radius 2 is 1.89 bits per heavy atom. The highest BCUT2D eigenvalue weighted by molar-refractivity contribution is 7.89. The van der Waals surface area contributed by atoms with Gasteiger partial charge in [-0.05, 0) is 26.0 Å². The first-order chi connectivity index (χ1) is 8.77. The Balaban J connectivity index is 2.95. The maximum atomic E-state index is 13.5. The van der Waals surface area contributed by atoms with Crippen LogP contribution in [0.1, 0.15) is 13.8 Å². The summed E-state index contributed by atoms with van der Waals surface area (Å²) in [5, 5.41) is 0. The van der Waals surface area contributed by atoms with Gasteiger partial charge in [0.15, 0.2) is 4.90 Å². The van der Waals surface area contributed by atoms with Crippen LogP contribution >= 0.6 is 0 Å². The van der Waals surface area contributed by atoms with Gasteiger partial charge in [-0.2, -0.15) is 0 Å². The molecule has 0 bridgehead atoms. The number of ether oxygens (including phenoxy) is 1. The molecular formula is C11H16F2N2O3S. The molecule has 0 saturated heterocycles. The minimum Gasteiger partial charge on any atom is -0.399 e. The molecule has 1 rings (SSSR count). The normalized spacial score (nSPS) is 13.5. The van der Waals surface area contributed by atoms with Gasteiger partial charge in [0.2, 0.25) is 10.0 Å². The maximum absolute atomic E-state index is 13.5. The predicted octanol–water partition coefficient (Wildman–Crippen LogP) is 1.25. The lowest BCUT2D eigenvalue weighted by Crippen LogP contribution is -2.33. The molecule has 8 heteroatoms. The number of benzene rings is 1. The molecule has 1 aromatic rings. The van der Waals surface area contributed by atoms with E-state index < -0.39 is 32.7 Å². The minimum absolute atomic E-state index is 0.0839. The van der Waals surface area contributed by atoms with Crippen LogP contribution in [0.5, 0.6) is 0 Å². The predicted molar refractivity (Wildman–Crippen MR) is 67.0 cm³/mol. The number of sulfonamides is 1. The fraction of sp³-hybridized carbons (Fsp3) is 0.455. The number of nitrogens with two attached hydrogens (primary N) is 1. The molecular weight excluding hydrogens is 278 g/mol. The molecule has 108 valence electrons. The topological polar surface area (TPSA) is 81.4 Å². The SMILES string of the molecule is CCOC(C)CNS(=O)(=O)c1c(F)cc(N)cc1F. The van der Waals surface area contributed by atoms with Crippen LogP contribution in [-0.4, -0.2) is 27.7 Å². The fourth-order valence-corrected chi connectivity index (χ4v) is 2.71. The van der Waals surface area contributed by atoms with E-state index >= 15 is 0 Å². The Labute approximate surface area is 110 Å². The minimum atomic E-state index is -4.29. The number of nitrogens with one attached hydrogen (secondary N) is 1.